The minimum Gasteiger partial charge on any atom is -0.391 e. The van der Waals surface area contributed by atoms with Crippen molar-refractivity contribution < 1.29 is 9.90 Å². The standard InChI is InChI=1S/C14H27NO2/c1-11(2)8-13(16)10-15-14(17)9-12-6-4-3-5-7-12/h11-13,16H,3-10H2,1-2H3,(H,15,17). The van der Waals surface area contributed by atoms with Crippen LogP contribution < -0.4 is 5.32 Å². The summed E-state index contributed by atoms with van der Waals surface area (Å²) in [6.07, 6.45) is 7.26. The molecule has 1 atom stereocenters. The second kappa shape index (κ2) is 7.70. The van der Waals surface area contributed by atoms with E-state index >= 15 is 0 Å². The third-order valence-electron chi connectivity index (χ3n) is 3.48. The van der Waals surface area contributed by atoms with E-state index in [1.165, 1.54) is 32.1 Å². The van der Waals surface area contributed by atoms with Gasteiger partial charge in [-0.25, -0.2) is 0 Å². The fourth-order valence-electron chi connectivity index (χ4n) is 2.58. The molecule has 1 rings (SSSR count). The van der Waals surface area contributed by atoms with Crippen molar-refractivity contribution in [3.8, 4) is 0 Å². The molecule has 3 heteroatoms. The minimum absolute atomic E-state index is 0.111. The second-order valence-corrected chi connectivity index (χ2v) is 5.80. The van der Waals surface area contributed by atoms with E-state index in [9.17, 15) is 9.90 Å². The lowest BCUT2D eigenvalue weighted by molar-refractivity contribution is -0.122. The van der Waals surface area contributed by atoms with Crippen LogP contribution in [0.5, 0.6) is 0 Å². The molecule has 0 radical (unpaired) electrons. The molecule has 0 saturated heterocycles. The van der Waals surface area contributed by atoms with Gasteiger partial charge < -0.3 is 10.4 Å². The molecule has 0 aromatic heterocycles. The molecule has 1 unspecified atom stereocenters. The van der Waals surface area contributed by atoms with E-state index in [-0.39, 0.29) is 5.91 Å². The highest BCUT2D eigenvalue weighted by Gasteiger charge is 2.17. The van der Waals surface area contributed by atoms with Crippen molar-refractivity contribution in [2.24, 2.45) is 11.8 Å². The molecule has 0 heterocycles. The zero-order chi connectivity index (χ0) is 12.7. The molecule has 0 aliphatic heterocycles. The van der Waals surface area contributed by atoms with Crippen molar-refractivity contribution in [2.75, 3.05) is 6.54 Å². The van der Waals surface area contributed by atoms with Crippen LogP contribution in [0, 0.1) is 11.8 Å². The van der Waals surface area contributed by atoms with Crippen LogP contribution in [0.1, 0.15) is 58.8 Å². The lowest BCUT2D eigenvalue weighted by Crippen LogP contribution is -2.34. The maximum absolute atomic E-state index is 11.7. The van der Waals surface area contributed by atoms with Crippen LogP contribution in [0.2, 0.25) is 0 Å². The molecule has 1 aliphatic rings. The molecule has 1 aliphatic carbocycles. The molecular weight excluding hydrogens is 214 g/mol. The van der Waals surface area contributed by atoms with Gasteiger partial charge in [0.05, 0.1) is 6.10 Å². The van der Waals surface area contributed by atoms with Crippen molar-refractivity contribution in [3.05, 3.63) is 0 Å². The Balaban J connectivity index is 2.11. The molecule has 1 saturated carbocycles. The van der Waals surface area contributed by atoms with E-state index in [1.807, 2.05) is 0 Å². The molecule has 17 heavy (non-hydrogen) atoms. The monoisotopic (exact) mass is 241 g/mol. The van der Waals surface area contributed by atoms with Gasteiger partial charge in [-0.05, 0) is 31.1 Å². The maximum Gasteiger partial charge on any atom is 0.220 e. The van der Waals surface area contributed by atoms with Gasteiger partial charge in [-0.3, -0.25) is 4.79 Å². The number of aliphatic hydroxyl groups is 1. The summed E-state index contributed by atoms with van der Waals surface area (Å²) in [5.74, 6) is 1.16. The average molecular weight is 241 g/mol. The smallest absolute Gasteiger partial charge is 0.220 e. The number of aliphatic hydroxyl groups excluding tert-OH is 1. The Morgan fingerprint density at radius 3 is 2.53 bits per heavy atom. The first kappa shape index (κ1) is 14.5. The number of carbonyl (C=O) groups is 1. The Bertz CT molecular complexity index is 222. The lowest BCUT2D eigenvalue weighted by Gasteiger charge is -2.21. The van der Waals surface area contributed by atoms with Crippen molar-refractivity contribution in [1.29, 1.82) is 0 Å². The molecule has 1 fully saturated rings. The summed E-state index contributed by atoms with van der Waals surface area (Å²) in [6.45, 7) is 4.56. The quantitative estimate of drug-likeness (QED) is 0.750. The van der Waals surface area contributed by atoms with Crippen molar-refractivity contribution in [2.45, 2.75) is 64.9 Å². The highest BCUT2D eigenvalue weighted by atomic mass is 16.3. The van der Waals surface area contributed by atoms with Crippen molar-refractivity contribution in [1.82, 2.24) is 5.32 Å². The van der Waals surface area contributed by atoms with Crippen LogP contribution in [0.3, 0.4) is 0 Å². The number of carbonyl (C=O) groups excluding carboxylic acids is 1. The highest BCUT2D eigenvalue weighted by molar-refractivity contribution is 5.76. The largest absolute Gasteiger partial charge is 0.391 e. The van der Waals surface area contributed by atoms with Crippen LogP contribution >= 0.6 is 0 Å². The van der Waals surface area contributed by atoms with Gasteiger partial charge >= 0.3 is 0 Å². The molecule has 1 amide bonds. The first-order valence-electron chi connectivity index (χ1n) is 7.02. The third-order valence-corrected chi connectivity index (χ3v) is 3.48. The van der Waals surface area contributed by atoms with E-state index in [0.29, 0.717) is 24.8 Å². The molecule has 0 bridgehead atoms. The predicted molar refractivity (Wildman–Crippen MR) is 69.7 cm³/mol. The van der Waals surface area contributed by atoms with Gasteiger partial charge in [-0.1, -0.05) is 33.1 Å². The molecule has 0 spiro atoms. The summed E-state index contributed by atoms with van der Waals surface area (Å²) < 4.78 is 0. The molecule has 0 aromatic carbocycles. The number of rotatable bonds is 6. The molecule has 0 aromatic rings. The summed E-state index contributed by atoms with van der Waals surface area (Å²) >= 11 is 0. The van der Waals surface area contributed by atoms with Gasteiger partial charge in [0.15, 0.2) is 0 Å². The average Bonchev–Trinajstić information content (AvgIpc) is 2.27. The van der Waals surface area contributed by atoms with Gasteiger partial charge in [0, 0.05) is 13.0 Å². The Hall–Kier alpha value is -0.570. The van der Waals surface area contributed by atoms with E-state index in [0.717, 1.165) is 6.42 Å². The second-order valence-electron chi connectivity index (χ2n) is 5.80. The van der Waals surface area contributed by atoms with Crippen LogP contribution in [0.25, 0.3) is 0 Å². The summed E-state index contributed by atoms with van der Waals surface area (Å²) in [6, 6.07) is 0. The number of hydrogen-bond donors (Lipinski definition) is 2. The van der Waals surface area contributed by atoms with Crippen molar-refractivity contribution in [3.63, 3.8) is 0 Å². The lowest BCUT2D eigenvalue weighted by atomic mass is 9.87. The Labute approximate surface area is 105 Å². The normalized spacial score (nSPS) is 19.3. The molecular formula is C14H27NO2. The van der Waals surface area contributed by atoms with Gasteiger partial charge in [-0.2, -0.15) is 0 Å². The molecule has 3 nitrogen and oxygen atoms in total. The first-order valence-corrected chi connectivity index (χ1v) is 7.02. The molecule has 2 N–H and O–H groups in total. The van der Waals surface area contributed by atoms with Gasteiger partial charge in [-0.15, -0.1) is 0 Å². The summed E-state index contributed by atoms with van der Waals surface area (Å²) in [5, 5.41) is 12.5. The Morgan fingerprint density at radius 1 is 1.29 bits per heavy atom. The fraction of sp³-hybridized carbons (Fsp3) is 0.929. The minimum atomic E-state index is -0.398. The van der Waals surface area contributed by atoms with E-state index in [4.69, 9.17) is 0 Å². The zero-order valence-corrected chi connectivity index (χ0v) is 11.2. The number of nitrogens with one attached hydrogen (secondary N) is 1. The van der Waals surface area contributed by atoms with E-state index in [2.05, 4.69) is 19.2 Å². The van der Waals surface area contributed by atoms with E-state index in [1.54, 1.807) is 0 Å². The number of hydrogen-bond acceptors (Lipinski definition) is 2. The number of amides is 1. The van der Waals surface area contributed by atoms with Gasteiger partial charge in [0.1, 0.15) is 0 Å². The Kier molecular flexibility index (Phi) is 6.56. The van der Waals surface area contributed by atoms with Crippen LogP contribution in [0.15, 0.2) is 0 Å². The van der Waals surface area contributed by atoms with Crippen molar-refractivity contribution >= 4 is 5.91 Å². The maximum atomic E-state index is 11.7. The Morgan fingerprint density at radius 2 is 1.94 bits per heavy atom. The third kappa shape index (κ3) is 6.67. The van der Waals surface area contributed by atoms with Gasteiger partial charge in [0.25, 0.3) is 0 Å². The highest BCUT2D eigenvalue weighted by Crippen LogP contribution is 2.25. The summed E-state index contributed by atoms with van der Waals surface area (Å²) in [5.41, 5.74) is 0. The zero-order valence-electron chi connectivity index (χ0n) is 11.2. The molecule has 100 valence electrons. The van der Waals surface area contributed by atoms with Crippen LogP contribution in [-0.4, -0.2) is 23.7 Å². The van der Waals surface area contributed by atoms with Gasteiger partial charge in [0.2, 0.25) is 5.91 Å². The first-order chi connectivity index (χ1) is 8.08. The predicted octanol–water partition coefficient (Wildman–Crippen LogP) is 2.48. The van der Waals surface area contributed by atoms with Crippen LogP contribution in [0.4, 0.5) is 0 Å². The topological polar surface area (TPSA) is 49.3 Å². The summed E-state index contributed by atoms with van der Waals surface area (Å²) in [7, 11) is 0. The van der Waals surface area contributed by atoms with Crippen LogP contribution in [-0.2, 0) is 4.79 Å². The van der Waals surface area contributed by atoms with E-state index < -0.39 is 6.10 Å². The SMILES string of the molecule is CC(C)CC(O)CNC(=O)CC1CCCCC1. The summed E-state index contributed by atoms with van der Waals surface area (Å²) in [4.78, 5) is 11.7. The fourth-order valence-corrected chi connectivity index (χ4v) is 2.58.